The Hall–Kier alpha value is -2.62. The summed E-state index contributed by atoms with van der Waals surface area (Å²) < 4.78 is 22.5. The van der Waals surface area contributed by atoms with Crippen LogP contribution in [0.4, 0.5) is 0 Å². The maximum Gasteiger partial charge on any atom is 0.339 e. The second kappa shape index (κ2) is 17.0. The van der Waals surface area contributed by atoms with Crippen LogP contribution in [0.25, 0.3) is 0 Å². The fourth-order valence-electron chi connectivity index (χ4n) is 3.56. The third-order valence-corrected chi connectivity index (χ3v) is 6.50. The van der Waals surface area contributed by atoms with Gasteiger partial charge in [-0.3, -0.25) is 4.79 Å². The van der Waals surface area contributed by atoms with Crippen LogP contribution in [0.2, 0.25) is 0 Å². The molecule has 1 aromatic carbocycles. The van der Waals surface area contributed by atoms with E-state index in [1.165, 1.54) is 7.11 Å². The maximum absolute atomic E-state index is 12.9. The zero-order valence-electron chi connectivity index (χ0n) is 22.1. The molecule has 5 atom stereocenters. The first kappa shape index (κ1) is 30.6. The smallest absolute Gasteiger partial charge is 0.339 e. The van der Waals surface area contributed by atoms with E-state index >= 15 is 0 Å². The molecule has 0 radical (unpaired) electrons. The normalized spacial score (nSPS) is 26.5. The van der Waals surface area contributed by atoms with Gasteiger partial charge in [-0.1, -0.05) is 62.4 Å². The van der Waals surface area contributed by atoms with Crippen molar-refractivity contribution in [3.05, 3.63) is 60.2 Å². The highest BCUT2D eigenvalue weighted by Crippen LogP contribution is 2.14. The molecule has 9 heteroatoms. The first-order valence-electron chi connectivity index (χ1n) is 12.5. The molecule has 0 fully saturated rings. The molecule has 0 aliphatic carbocycles. The Morgan fingerprint density at radius 2 is 1.73 bits per heavy atom. The summed E-state index contributed by atoms with van der Waals surface area (Å²) in [6.45, 7) is 4.18. The Kier molecular flexibility index (Phi) is 14.1. The SMILES string of the molecule is CO[C@H]1COC(=O)[C@H](CCSC)NC(=O)CC=C[C@@H](C)COC(=O)[C@@H](OCc2ccccc2)C=C[C@@H]1C. The van der Waals surface area contributed by atoms with E-state index in [9.17, 15) is 14.4 Å². The van der Waals surface area contributed by atoms with Crippen LogP contribution in [0.15, 0.2) is 54.6 Å². The molecule has 1 amide bonds. The molecule has 0 bridgehead atoms. The summed E-state index contributed by atoms with van der Waals surface area (Å²) >= 11 is 1.59. The van der Waals surface area contributed by atoms with Crippen LogP contribution in [-0.2, 0) is 39.9 Å². The first-order chi connectivity index (χ1) is 17.8. The lowest BCUT2D eigenvalue weighted by Crippen LogP contribution is -2.43. The molecular formula is C28H39NO7S. The van der Waals surface area contributed by atoms with Crippen LogP contribution in [0, 0.1) is 11.8 Å². The third-order valence-electron chi connectivity index (χ3n) is 5.86. The molecule has 0 saturated carbocycles. The van der Waals surface area contributed by atoms with E-state index in [2.05, 4.69) is 5.32 Å². The van der Waals surface area contributed by atoms with E-state index in [0.29, 0.717) is 12.2 Å². The van der Waals surface area contributed by atoms with Crippen molar-refractivity contribution in [1.29, 1.82) is 0 Å². The van der Waals surface area contributed by atoms with Gasteiger partial charge in [-0.15, -0.1) is 0 Å². The lowest BCUT2D eigenvalue weighted by atomic mass is 10.0. The number of hydrogen-bond donors (Lipinski definition) is 1. The quantitative estimate of drug-likeness (QED) is 0.418. The van der Waals surface area contributed by atoms with Gasteiger partial charge in [0, 0.05) is 25.4 Å². The molecule has 1 aromatic rings. The van der Waals surface area contributed by atoms with E-state index in [-0.39, 0.29) is 44.0 Å². The number of thioether (sulfide) groups is 1. The van der Waals surface area contributed by atoms with Crippen molar-refractivity contribution in [3.63, 3.8) is 0 Å². The zero-order chi connectivity index (χ0) is 27.0. The maximum atomic E-state index is 12.9. The number of cyclic esters (lactones) is 2. The minimum Gasteiger partial charge on any atom is -0.463 e. The van der Waals surface area contributed by atoms with Crippen molar-refractivity contribution in [1.82, 2.24) is 5.32 Å². The summed E-state index contributed by atoms with van der Waals surface area (Å²) in [7, 11) is 1.53. The van der Waals surface area contributed by atoms with Crippen molar-refractivity contribution in [2.75, 3.05) is 32.3 Å². The van der Waals surface area contributed by atoms with Crippen LogP contribution in [0.5, 0.6) is 0 Å². The number of methoxy groups -OCH3 is 1. The van der Waals surface area contributed by atoms with Crippen molar-refractivity contribution in [2.24, 2.45) is 11.8 Å². The molecule has 0 aromatic heterocycles. The van der Waals surface area contributed by atoms with Gasteiger partial charge in [-0.25, -0.2) is 9.59 Å². The molecule has 1 N–H and O–H groups in total. The Labute approximate surface area is 224 Å². The van der Waals surface area contributed by atoms with Crippen LogP contribution in [-0.4, -0.2) is 68.4 Å². The second-order valence-electron chi connectivity index (χ2n) is 9.01. The number of rotatable bonds is 7. The van der Waals surface area contributed by atoms with Gasteiger partial charge >= 0.3 is 11.9 Å². The second-order valence-corrected chi connectivity index (χ2v) is 9.99. The van der Waals surface area contributed by atoms with Gasteiger partial charge in [-0.05, 0) is 30.1 Å². The van der Waals surface area contributed by atoms with Crippen LogP contribution in [0.3, 0.4) is 0 Å². The van der Waals surface area contributed by atoms with Gasteiger partial charge in [0.05, 0.1) is 19.3 Å². The van der Waals surface area contributed by atoms with Gasteiger partial charge < -0.3 is 24.3 Å². The van der Waals surface area contributed by atoms with Crippen LogP contribution >= 0.6 is 11.8 Å². The summed E-state index contributed by atoms with van der Waals surface area (Å²) in [6.07, 6.45) is 8.13. The predicted molar refractivity (Wildman–Crippen MR) is 144 cm³/mol. The number of ether oxygens (including phenoxy) is 4. The lowest BCUT2D eigenvalue weighted by molar-refractivity contribution is -0.155. The average molecular weight is 534 g/mol. The number of amides is 1. The van der Waals surface area contributed by atoms with Crippen molar-refractivity contribution >= 4 is 29.6 Å². The van der Waals surface area contributed by atoms with E-state index in [1.807, 2.05) is 56.5 Å². The molecule has 0 spiro atoms. The van der Waals surface area contributed by atoms with Gasteiger partial charge in [0.2, 0.25) is 5.91 Å². The molecule has 1 aliphatic heterocycles. The number of hydrogen-bond acceptors (Lipinski definition) is 8. The van der Waals surface area contributed by atoms with Gasteiger partial charge in [0.25, 0.3) is 0 Å². The Bertz CT molecular complexity index is 905. The van der Waals surface area contributed by atoms with Crippen LogP contribution < -0.4 is 5.32 Å². The fraction of sp³-hybridized carbons (Fsp3) is 0.536. The first-order valence-corrected chi connectivity index (χ1v) is 13.9. The monoisotopic (exact) mass is 533 g/mol. The molecule has 0 unspecified atom stereocenters. The molecule has 204 valence electrons. The van der Waals surface area contributed by atoms with E-state index < -0.39 is 30.2 Å². The number of benzene rings is 1. The molecule has 1 aliphatic rings. The summed E-state index contributed by atoms with van der Waals surface area (Å²) in [5, 5.41) is 2.77. The van der Waals surface area contributed by atoms with Crippen LogP contribution in [0.1, 0.15) is 32.3 Å². The highest BCUT2D eigenvalue weighted by Gasteiger charge is 2.25. The molecular weight excluding hydrogens is 494 g/mol. The molecule has 2 rings (SSSR count). The average Bonchev–Trinajstić information content (AvgIpc) is 2.89. The molecule has 0 saturated heterocycles. The highest BCUT2D eigenvalue weighted by atomic mass is 32.2. The fourth-order valence-corrected chi connectivity index (χ4v) is 4.03. The standard InChI is InChI=1S/C28H39NO7S/c1-20-9-8-12-26(30)29-23(15-16-37-4)27(31)36-19-25(33-3)21(2)13-14-24(28(32)35-17-20)34-18-22-10-6-5-7-11-22/h5-11,13-14,20-21,23-25H,12,15-19H2,1-4H3,(H,29,30)/t20-,21+,23+,24+,25+/m1/s1. The number of nitrogens with one attached hydrogen (secondary N) is 1. The summed E-state index contributed by atoms with van der Waals surface area (Å²) in [6, 6.07) is 8.83. The predicted octanol–water partition coefficient (Wildman–Crippen LogP) is 3.70. The Balaban J connectivity index is 2.20. The van der Waals surface area contributed by atoms with E-state index in [4.69, 9.17) is 18.9 Å². The largest absolute Gasteiger partial charge is 0.463 e. The topological polar surface area (TPSA) is 100 Å². The minimum atomic E-state index is -0.917. The molecule has 1 heterocycles. The van der Waals surface area contributed by atoms with Gasteiger partial charge in [-0.2, -0.15) is 11.8 Å². The summed E-state index contributed by atoms with van der Waals surface area (Å²) in [5.74, 6) is -0.882. The highest BCUT2D eigenvalue weighted by molar-refractivity contribution is 7.98. The van der Waals surface area contributed by atoms with Crippen molar-refractivity contribution in [2.45, 2.75) is 51.5 Å². The van der Waals surface area contributed by atoms with Gasteiger partial charge in [0.1, 0.15) is 12.6 Å². The summed E-state index contributed by atoms with van der Waals surface area (Å²) in [4.78, 5) is 38.1. The molecule has 8 nitrogen and oxygen atoms in total. The van der Waals surface area contributed by atoms with E-state index in [0.717, 1.165) is 5.56 Å². The van der Waals surface area contributed by atoms with Crippen molar-refractivity contribution < 1.29 is 33.3 Å². The lowest BCUT2D eigenvalue weighted by Gasteiger charge is -2.23. The Morgan fingerprint density at radius 1 is 1.00 bits per heavy atom. The third kappa shape index (κ3) is 11.5. The number of carbonyl (C=O) groups excluding carboxylic acids is 3. The minimum absolute atomic E-state index is 0.00385. The molecule has 37 heavy (non-hydrogen) atoms. The summed E-state index contributed by atoms with van der Waals surface area (Å²) in [5.41, 5.74) is 0.934. The van der Waals surface area contributed by atoms with Crippen molar-refractivity contribution in [3.8, 4) is 0 Å². The Morgan fingerprint density at radius 3 is 2.43 bits per heavy atom. The number of esters is 2. The zero-order valence-corrected chi connectivity index (χ0v) is 22.9. The van der Waals surface area contributed by atoms with Gasteiger partial charge in [0.15, 0.2) is 6.10 Å². The van der Waals surface area contributed by atoms with E-state index in [1.54, 1.807) is 30.0 Å². The number of carbonyl (C=O) groups is 3.